The topological polar surface area (TPSA) is 79.9 Å². The molecule has 3 rings (SSSR count). The summed E-state index contributed by atoms with van der Waals surface area (Å²) < 4.78 is 11.2. The average Bonchev–Trinajstić information content (AvgIpc) is 2.59. The van der Waals surface area contributed by atoms with E-state index in [-0.39, 0.29) is 36.9 Å². The maximum absolute atomic E-state index is 12.5. The van der Waals surface area contributed by atoms with Gasteiger partial charge >= 0.3 is 0 Å². The van der Waals surface area contributed by atoms with Crippen molar-refractivity contribution in [2.75, 3.05) is 39.4 Å². The Morgan fingerprint density at radius 1 is 1.28 bits per heavy atom. The maximum Gasteiger partial charge on any atom is 0.234 e. The van der Waals surface area contributed by atoms with Crippen LogP contribution in [0, 0.1) is 5.92 Å². The molecule has 2 aliphatic heterocycles. The Bertz CT molecular complexity index is 647. The van der Waals surface area contributed by atoms with E-state index < -0.39 is 0 Å². The number of piperazine rings is 1. The van der Waals surface area contributed by atoms with Crippen molar-refractivity contribution in [1.29, 1.82) is 0 Å². The van der Waals surface area contributed by atoms with Gasteiger partial charge in [0, 0.05) is 13.1 Å². The van der Waals surface area contributed by atoms with Crippen LogP contribution in [0.4, 0.5) is 0 Å². The van der Waals surface area contributed by atoms with Crippen LogP contribution in [0.25, 0.3) is 0 Å². The second-order valence-electron chi connectivity index (χ2n) is 6.75. The van der Waals surface area contributed by atoms with Gasteiger partial charge in [-0.2, -0.15) is 0 Å². The maximum atomic E-state index is 12.5. The Morgan fingerprint density at radius 2 is 2.04 bits per heavy atom. The Kier molecular flexibility index (Phi) is 5.43. The van der Waals surface area contributed by atoms with E-state index in [2.05, 4.69) is 24.5 Å². The van der Waals surface area contributed by atoms with Crippen molar-refractivity contribution in [2.24, 2.45) is 5.92 Å². The molecule has 2 amide bonds. The third-order valence-electron chi connectivity index (χ3n) is 4.39. The van der Waals surface area contributed by atoms with E-state index in [1.54, 1.807) is 0 Å². The molecule has 25 heavy (non-hydrogen) atoms. The molecular weight excluding hydrogens is 322 g/mol. The zero-order chi connectivity index (χ0) is 17.8. The van der Waals surface area contributed by atoms with Crippen molar-refractivity contribution < 1.29 is 19.1 Å². The highest BCUT2D eigenvalue weighted by Crippen LogP contribution is 2.34. The smallest absolute Gasteiger partial charge is 0.234 e. The van der Waals surface area contributed by atoms with Gasteiger partial charge < -0.3 is 20.1 Å². The van der Waals surface area contributed by atoms with Gasteiger partial charge in [0.15, 0.2) is 11.5 Å². The van der Waals surface area contributed by atoms with Gasteiger partial charge in [-0.1, -0.05) is 19.9 Å². The molecular formula is C18H25N3O4. The Hall–Kier alpha value is -2.28. The van der Waals surface area contributed by atoms with Crippen molar-refractivity contribution in [3.63, 3.8) is 0 Å². The largest absolute Gasteiger partial charge is 0.486 e. The van der Waals surface area contributed by atoms with E-state index in [0.29, 0.717) is 26.3 Å². The third kappa shape index (κ3) is 4.42. The van der Waals surface area contributed by atoms with E-state index in [4.69, 9.17) is 9.47 Å². The van der Waals surface area contributed by atoms with Gasteiger partial charge in [0.2, 0.25) is 11.8 Å². The molecule has 7 nitrogen and oxygen atoms in total. The first-order valence-electron chi connectivity index (χ1n) is 8.71. The monoisotopic (exact) mass is 347 g/mol. The summed E-state index contributed by atoms with van der Waals surface area (Å²) >= 11 is 0. The normalized spacial score (nSPS) is 18.6. The molecule has 2 N–H and O–H groups in total. The molecule has 7 heteroatoms. The van der Waals surface area contributed by atoms with Gasteiger partial charge in [-0.3, -0.25) is 14.5 Å². The molecule has 136 valence electrons. The lowest BCUT2D eigenvalue weighted by Crippen LogP contribution is -2.51. The number of carbonyl (C=O) groups excluding carboxylic acids is 2. The number of hydrogen-bond donors (Lipinski definition) is 2. The second-order valence-corrected chi connectivity index (χ2v) is 6.75. The van der Waals surface area contributed by atoms with Crippen molar-refractivity contribution in [3.05, 3.63) is 23.8 Å². The van der Waals surface area contributed by atoms with Crippen LogP contribution < -0.4 is 20.1 Å². The molecule has 1 aromatic rings. The summed E-state index contributed by atoms with van der Waals surface area (Å²) in [6, 6.07) is 5.67. The summed E-state index contributed by atoms with van der Waals surface area (Å²) in [5.41, 5.74) is 0.990. The van der Waals surface area contributed by atoms with Crippen LogP contribution in [0.2, 0.25) is 0 Å². The molecule has 0 radical (unpaired) electrons. The molecule has 0 aromatic heterocycles. The number of hydrogen-bond acceptors (Lipinski definition) is 5. The highest BCUT2D eigenvalue weighted by atomic mass is 16.6. The van der Waals surface area contributed by atoms with Crippen LogP contribution >= 0.6 is 0 Å². The van der Waals surface area contributed by atoms with Gasteiger partial charge in [0.25, 0.3) is 0 Å². The summed E-state index contributed by atoms with van der Waals surface area (Å²) in [4.78, 5) is 25.7. The minimum absolute atomic E-state index is 0.0358. The second kappa shape index (κ2) is 7.74. The number of benzene rings is 1. The zero-order valence-corrected chi connectivity index (χ0v) is 14.7. The lowest BCUT2D eigenvalue weighted by atomic mass is 9.95. The lowest BCUT2D eigenvalue weighted by Gasteiger charge is -2.28. The summed E-state index contributed by atoms with van der Waals surface area (Å²) in [6.45, 7) is 6.99. The molecule has 0 saturated carbocycles. The molecule has 1 fully saturated rings. The number of carbonyl (C=O) groups is 2. The number of fused-ring (bicyclic) bond motifs is 1. The summed E-state index contributed by atoms with van der Waals surface area (Å²) in [6.07, 6.45) is 0. The molecule has 2 heterocycles. The number of nitrogens with one attached hydrogen (secondary N) is 2. The predicted octanol–water partition coefficient (Wildman–Crippen LogP) is 0.703. The SMILES string of the molecule is CC(C)C(NC(=O)CN1CCNC(=O)C1)c1ccc2c(c1)OCCO2. The van der Waals surface area contributed by atoms with E-state index in [9.17, 15) is 9.59 Å². The minimum Gasteiger partial charge on any atom is -0.486 e. The van der Waals surface area contributed by atoms with Crippen LogP contribution in [-0.4, -0.2) is 56.1 Å². The van der Waals surface area contributed by atoms with Crippen molar-refractivity contribution in [1.82, 2.24) is 15.5 Å². The third-order valence-corrected chi connectivity index (χ3v) is 4.39. The fourth-order valence-electron chi connectivity index (χ4n) is 3.14. The van der Waals surface area contributed by atoms with E-state index >= 15 is 0 Å². The first-order chi connectivity index (χ1) is 12.0. The van der Waals surface area contributed by atoms with Crippen LogP contribution in [-0.2, 0) is 9.59 Å². The lowest BCUT2D eigenvalue weighted by molar-refractivity contribution is -0.127. The molecule has 0 aliphatic carbocycles. The molecule has 1 atom stereocenters. The first-order valence-corrected chi connectivity index (χ1v) is 8.71. The van der Waals surface area contributed by atoms with E-state index in [1.807, 2.05) is 23.1 Å². The molecule has 0 bridgehead atoms. The van der Waals surface area contributed by atoms with Gasteiger partial charge in [0.1, 0.15) is 13.2 Å². The highest BCUT2D eigenvalue weighted by Gasteiger charge is 2.24. The van der Waals surface area contributed by atoms with Crippen molar-refractivity contribution in [3.8, 4) is 11.5 Å². The van der Waals surface area contributed by atoms with Crippen molar-refractivity contribution in [2.45, 2.75) is 19.9 Å². The molecule has 1 unspecified atom stereocenters. The number of nitrogens with zero attached hydrogens (tertiary/aromatic N) is 1. The van der Waals surface area contributed by atoms with Gasteiger partial charge in [0.05, 0.1) is 19.1 Å². The average molecular weight is 347 g/mol. The Balaban J connectivity index is 1.66. The zero-order valence-electron chi connectivity index (χ0n) is 14.7. The van der Waals surface area contributed by atoms with Gasteiger partial charge in [-0.05, 0) is 23.6 Å². The number of ether oxygens (including phenoxy) is 2. The predicted molar refractivity (Wildman–Crippen MR) is 92.6 cm³/mol. The van der Waals surface area contributed by atoms with Crippen LogP contribution in [0.5, 0.6) is 11.5 Å². The molecule has 1 aromatic carbocycles. The molecule has 1 saturated heterocycles. The Morgan fingerprint density at radius 3 is 2.76 bits per heavy atom. The summed E-state index contributed by atoms with van der Waals surface area (Å²) in [7, 11) is 0. The molecule has 2 aliphatic rings. The first kappa shape index (κ1) is 17.5. The van der Waals surface area contributed by atoms with Crippen molar-refractivity contribution >= 4 is 11.8 Å². The fourth-order valence-corrected chi connectivity index (χ4v) is 3.14. The van der Waals surface area contributed by atoms with Crippen LogP contribution in [0.1, 0.15) is 25.5 Å². The number of amides is 2. The highest BCUT2D eigenvalue weighted by molar-refractivity contribution is 5.82. The fraction of sp³-hybridized carbons (Fsp3) is 0.556. The number of rotatable bonds is 5. The molecule has 0 spiro atoms. The quantitative estimate of drug-likeness (QED) is 0.820. The van der Waals surface area contributed by atoms with Gasteiger partial charge in [-0.15, -0.1) is 0 Å². The standard InChI is InChI=1S/C18H25N3O4/c1-12(2)18(13-3-4-14-15(9-13)25-8-7-24-14)20-17(23)11-21-6-5-19-16(22)10-21/h3-4,9,12,18H,5-8,10-11H2,1-2H3,(H,19,22)(H,20,23). The van der Waals surface area contributed by atoms with Gasteiger partial charge in [-0.25, -0.2) is 0 Å². The minimum atomic E-state index is -0.123. The van der Waals surface area contributed by atoms with Crippen LogP contribution in [0.3, 0.4) is 0 Å². The van der Waals surface area contributed by atoms with E-state index in [1.165, 1.54) is 0 Å². The van der Waals surface area contributed by atoms with E-state index in [0.717, 1.165) is 17.1 Å². The van der Waals surface area contributed by atoms with Crippen LogP contribution in [0.15, 0.2) is 18.2 Å². The summed E-state index contributed by atoms with van der Waals surface area (Å²) in [5.74, 6) is 1.56. The Labute approximate surface area is 147 Å². The summed E-state index contributed by atoms with van der Waals surface area (Å²) in [5, 5.41) is 5.85.